The number of hydrogen-bond donors (Lipinski definition) is 1. The molecule has 5 rings (SSSR count). The first kappa shape index (κ1) is 33.2. The summed E-state index contributed by atoms with van der Waals surface area (Å²) in [6.45, 7) is 21.0. The van der Waals surface area contributed by atoms with Gasteiger partial charge in [0.1, 0.15) is 12.5 Å². The molecule has 0 spiro atoms. The van der Waals surface area contributed by atoms with E-state index in [1.54, 1.807) is 0 Å². The summed E-state index contributed by atoms with van der Waals surface area (Å²) >= 11 is 0. The molecule has 6 heteroatoms. The molecule has 0 aromatic carbocycles. The standard InChI is InChI=1S/C37H62O6/c1-10-11-22-41-30(38)23-31(39)42-28-16-18-34(6)26(32(28,2)3)15-20-36(8)27(34)13-12-24-25(14-19-35(24,36)7)37(9)21-17-29(43-37)33(4,5)40/h24-29,40H,10-23H2,1-9H3/t24-,25+,26+,27-,28-,29-,34+,35-,36-,37+/m1/s1. The molecule has 0 bridgehead atoms. The summed E-state index contributed by atoms with van der Waals surface area (Å²) < 4.78 is 18.1. The van der Waals surface area contributed by atoms with Gasteiger partial charge in [0.2, 0.25) is 0 Å². The van der Waals surface area contributed by atoms with Crippen LogP contribution in [0.1, 0.15) is 146 Å². The van der Waals surface area contributed by atoms with Gasteiger partial charge in [-0.25, -0.2) is 0 Å². The molecule has 5 aliphatic rings. The highest BCUT2D eigenvalue weighted by Gasteiger charge is 2.70. The van der Waals surface area contributed by atoms with Crippen molar-refractivity contribution in [3.05, 3.63) is 0 Å². The molecule has 43 heavy (non-hydrogen) atoms. The van der Waals surface area contributed by atoms with Crippen LogP contribution in [0.5, 0.6) is 0 Å². The lowest BCUT2D eigenvalue weighted by Crippen LogP contribution is -2.64. The first-order chi connectivity index (χ1) is 19.9. The summed E-state index contributed by atoms with van der Waals surface area (Å²) in [5.41, 5.74) is -0.354. The van der Waals surface area contributed by atoms with E-state index in [1.165, 1.54) is 32.1 Å². The molecule has 5 fully saturated rings. The zero-order valence-electron chi connectivity index (χ0n) is 28.9. The number of rotatable bonds is 8. The fourth-order valence-electron chi connectivity index (χ4n) is 12.0. The quantitative estimate of drug-likeness (QED) is 0.172. The monoisotopic (exact) mass is 602 g/mol. The summed E-state index contributed by atoms with van der Waals surface area (Å²) in [5, 5.41) is 10.7. The minimum Gasteiger partial charge on any atom is -0.465 e. The lowest BCUT2D eigenvalue weighted by Gasteiger charge is -2.70. The number of carbonyl (C=O) groups excluding carboxylic acids is 2. The van der Waals surface area contributed by atoms with Crippen molar-refractivity contribution in [3.8, 4) is 0 Å². The summed E-state index contributed by atoms with van der Waals surface area (Å²) in [5.74, 6) is 1.41. The van der Waals surface area contributed by atoms with Gasteiger partial charge in [-0.15, -0.1) is 0 Å². The number of unbranched alkanes of at least 4 members (excludes halogenated alkanes) is 1. The maximum Gasteiger partial charge on any atom is 0.317 e. The Morgan fingerprint density at radius 2 is 1.51 bits per heavy atom. The number of fused-ring (bicyclic) bond motifs is 5. The van der Waals surface area contributed by atoms with Crippen molar-refractivity contribution >= 4 is 11.9 Å². The molecule has 6 nitrogen and oxygen atoms in total. The second kappa shape index (κ2) is 11.3. The van der Waals surface area contributed by atoms with E-state index in [9.17, 15) is 14.7 Å². The molecule has 0 aromatic rings. The van der Waals surface area contributed by atoms with Crippen molar-refractivity contribution in [2.75, 3.05) is 6.61 Å². The van der Waals surface area contributed by atoms with Gasteiger partial charge in [0.05, 0.1) is 23.9 Å². The molecule has 246 valence electrons. The fourth-order valence-corrected chi connectivity index (χ4v) is 12.0. The SMILES string of the molecule is CCCCOC(=O)CC(=O)O[C@@H]1CC[C@]2(C)[C@H]3CC[C@@H]4[C@@H]([C@]5(C)CC[C@H](C(C)(C)O)O5)CC[C@@]4(C)[C@]3(C)CC[C@H]2C1(C)C. The molecule has 0 amide bonds. The van der Waals surface area contributed by atoms with Crippen LogP contribution in [0.15, 0.2) is 0 Å². The van der Waals surface area contributed by atoms with Crippen LogP contribution in [0.3, 0.4) is 0 Å². The van der Waals surface area contributed by atoms with Gasteiger partial charge in [0.25, 0.3) is 0 Å². The van der Waals surface area contributed by atoms with Crippen LogP contribution in [0.25, 0.3) is 0 Å². The van der Waals surface area contributed by atoms with Crippen LogP contribution < -0.4 is 0 Å². The third-order valence-electron chi connectivity index (χ3n) is 14.5. The van der Waals surface area contributed by atoms with Crippen LogP contribution in [0.2, 0.25) is 0 Å². The predicted molar refractivity (Wildman–Crippen MR) is 168 cm³/mol. The summed E-state index contributed by atoms with van der Waals surface area (Å²) in [6, 6.07) is 0. The second-order valence-corrected chi connectivity index (χ2v) is 17.5. The molecule has 0 radical (unpaired) electrons. The Kier molecular flexibility index (Phi) is 8.72. The van der Waals surface area contributed by atoms with Crippen molar-refractivity contribution in [2.24, 2.45) is 45.3 Å². The summed E-state index contributed by atoms with van der Waals surface area (Å²) in [4.78, 5) is 25.0. The lowest BCUT2D eigenvalue weighted by atomic mass is 9.35. The fraction of sp³-hybridized carbons (Fsp3) is 0.946. The van der Waals surface area contributed by atoms with Crippen LogP contribution >= 0.6 is 0 Å². The van der Waals surface area contributed by atoms with Gasteiger partial charge < -0.3 is 19.3 Å². The van der Waals surface area contributed by atoms with E-state index in [2.05, 4.69) is 41.5 Å². The van der Waals surface area contributed by atoms with Crippen molar-refractivity contribution in [1.82, 2.24) is 0 Å². The van der Waals surface area contributed by atoms with E-state index in [0.717, 1.165) is 44.9 Å². The highest BCUT2D eigenvalue weighted by molar-refractivity contribution is 5.91. The van der Waals surface area contributed by atoms with E-state index in [1.807, 2.05) is 20.8 Å². The van der Waals surface area contributed by atoms with Crippen molar-refractivity contribution < 1.29 is 28.9 Å². The Balaban J connectivity index is 1.30. The molecule has 0 aromatic heterocycles. The molecule has 1 heterocycles. The molecule has 4 aliphatic carbocycles. The molecule has 0 unspecified atom stereocenters. The molecular weight excluding hydrogens is 540 g/mol. The zero-order valence-corrected chi connectivity index (χ0v) is 28.9. The van der Waals surface area contributed by atoms with Crippen molar-refractivity contribution in [3.63, 3.8) is 0 Å². The highest BCUT2D eigenvalue weighted by atomic mass is 16.6. The molecular formula is C37H62O6. The van der Waals surface area contributed by atoms with Crippen LogP contribution in [-0.2, 0) is 23.8 Å². The Morgan fingerprint density at radius 1 is 0.814 bits per heavy atom. The number of hydrogen-bond acceptors (Lipinski definition) is 6. The highest BCUT2D eigenvalue weighted by Crippen LogP contribution is 2.76. The number of esters is 2. The first-order valence-electron chi connectivity index (χ1n) is 17.7. The minimum absolute atomic E-state index is 0.0798. The van der Waals surface area contributed by atoms with Gasteiger partial charge in [0.15, 0.2) is 0 Å². The minimum atomic E-state index is -0.797. The lowest BCUT2D eigenvalue weighted by molar-refractivity contribution is -0.232. The maximum atomic E-state index is 12.8. The molecule has 1 aliphatic heterocycles. The third-order valence-corrected chi connectivity index (χ3v) is 14.5. The average Bonchev–Trinajstić information content (AvgIpc) is 3.48. The largest absolute Gasteiger partial charge is 0.465 e. The Hall–Kier alpha value is -1.14. The van der Waals surface area contributed by atoms with E-state index in [4.69, 9.17) is 14.2 Å². The number of ether oxygens (including phenoxy) is 3. The van der Waals surface area contributed by atoms with Crippen LogP contribution in [0, 0.1) is 45.3 Å². The Morgan fingerprint density at radius 3 is 2.16 bits per heavy atom. The molecule has 10 atom stereocenters. The second-order valence-electron chi connectivity index (χ2n) is 17.5. The van der Waals surface area contributed by atoms with Gasteiger partial charge in [-0.05, 0) is 131 Å². The van der Waals surface area contributed by atoms with E-state index in [0.29, 0.717) is 30.3 Å². The molecule has 4 saturated carbocycles. The van der Waals surface area contributed by atoms with Gasteiger partial charge in [-0.3, -0.25) is 9.59 Å². The van der Waals surface area contributed by atoms with Gasteiger partial charge in [-0.1, -0.05) is 48.0 Å². The first-order valence-corrected chi connectivity index (χ1v) is 17.7. The van der Waals surface area contributed by atoms with E-state index in [-0.39, 0.29) is 45.9 Å². The summed E-state index contributed by atoms with van der Waals surface area (Å²) in [7, 11) is 0. The zero-order chi connectivity index (χ0) is 31.6. The topological polar surface area (TPSA) is 82.1 Å². The maximum absolute atomic E-state index is 12.8. The number of aliphatic hydroxyl groups is 1. The van der Waals surface area contributed by atoms with Gasteiger partial charge in [-0.2, -0.15) is 0 Å². The Labute approximate surface area is 261 Å². The summed E-state index contributed by atoms with van der Waals surface area (Å²) in [6.07, 6.45) is 12.5. The normalized spacial score (nSPS) is 45.5. The van der Waals surface area contributed by atoms with Crippen molar-refractivity contribution in [2.45, 2.75) is 169 Å². The van der Waals surface area contributed by atoms with E-state index >= 15 is 0 Å². The number of carbonyl (C=O) groups is 2. The average molecular weight is 603 g/mol. The predicted octanol–water partition coefficient (Wildman–Crippen LogP) is 8.03. The van der Waals surface area contributed by atoms with Crippen LogP contribution in [-0.4, -0.2) is 47.1 Å². The van der Waals surface area contributed by atoms with Gasteiger partial charge >= 0.3 is 11.9 Å². The smallest absolute Gasteiger partial charge is 0.317 e. The van der Waals surface area contributed by atoms with Crippen molar-refractivity contribution in [1.29, 1.82) is 0 Å². The Bertz CT molecular complexity index is 1060. The van der Waals surface area contributed by atoms with Crippen LogP contribution in [0.4, 0.5) is 0 Å². The molecule has 1 saturated heterocycles. The third kappa shape index (κ3) is 5.40. The molecule has 1 N–H and O–H groups in total. The van der Waals surface area contributed by atoms with Gasteiger partial charge in [0, 0.05) is 5.41 Å². The van der Waals surface area contributed by atoms with E-state index < -0.39 is 17.5 Å².